The minimum atomic E-state index is -1.09. The maximum absolute atomic E-state index is 14.4. The van der Waals surface area contributed by atoms with E-state index >= 15 is 0 Å². The molecule has 3 aromatic rings. The maximum atomic E-state index is 14.4. The van der Waals surface area contributed by atoms with Crippen LogP contribution in [0.1, 0.15) is 5.56 Å². The highest BCUT2D eigenvalue weighted by molar-refractivity contribution is 9.10. The van der Waals surface area contributed by atoms with Crippen molar-refractivity contribution in [3.05, 3.63) is 52.0 Å². The molecule has 0 bridgehead atoms. The molecule has 0 amide bonds. The molecule has 1 saturated heterocycles. The van der Waals surface area contributed by atoms with Crippen molar-refractivity contribution in [2.75, 3.05) is 38.6 Å². The Bertz CT molecular complexity index is 1120. The molecule has 0 saturated carbocycles. The highest BCUT2D eigenvalue weighted by Crippen LogP contribution is 2.26. The van der Waals surface area contributed by atoms with Gasteiger partial charge >= 0.3 is 0 Å². The molecule has 164 valence electrons. The summed E-state index contributed by atoms with van der Waals surface area (Å²) in [6.07, 6.45) is 0.264. The van der Waals surface area contributed by atoms with Gasteiger partial charge in [0.05, 0.1) is 17.3 Å². The second-order valence-corrected chi connectivity index (χ2v) is 8.04. The van der Waals surface area contributed by atoms with E-state index in [9.17, 15) is 14.0 Å². The van der Waals surface area contributed by atoms with Crippen LogP contribution in [0.4, 0.5) is 20.4 Å². The third-order valence-electron chi connectivity index (χ3n) is 5.05. The fraction of sp³-hybridized carbons (Fsp3) is 0.300. The van der Waals surface area contributed by atoms with Gasteiger partial charge < -0.3 is 15.0 Å². The van der Waals surface area contributed by atoms with Gasteiger partial charge in [-0.15, -0.1) is 0 Å². The van der Waals surface area contributed by atoms with Gasteiger partial charge in [-0.3, -0.25) is 15.6 Å². The van der Waals surface area contributed by atoms with Gasteiger partial charge in [-0.25, -0.2) is 18.8 Å². The fourth-order valence-electron chi connectivity index (χ4n) is 3.38. The largest absolute Gasteiger partial charge is 0.379 e. The maximum Gasteiger partial charge on any atom is 0.201 e. The number of hydrogen-bond donors (Lipinski definition) is 4. The van der Waals surface area contributed by atoms with Crippen LogP contribution in [-0.2, 0) is 4.74 Å². The molecule has 11 heteroatoms. The molecule has 0 radical (unpaired) electrons. The fourth-order valence-corrected chi connectivity index (χ4v) is 3.77. The van der Waals surface area contributed by atoms with Gasteiger partial charge in [0.1, 0.15) is 5.52 Å². The van der Waals surface area contributed by atoms with Gasteiger partial charge in [-0.2, -0.15) is 0 Å². The van der Waals surface area contributed by atoms with Crippen LogP contribution in [0.15, 0.2) is 39.8 Å². The summed E-state index contributed by atoms with van der Waals surface area (Å²) in [5.41, 5.74) is 2.65. The molecule has 1 aromatic heterocycles. The van der Waals surface area contributed by atoms with Crippen molar-refractivity contribution in [1.82, 2.24) is 20.3 Å². The average molecular weight is 495 g/mol. The van der Waals surface area contributed by atoms with E-state index < -0.39 is 11.6 Å². The predicted octanol–water partition coefficient (Wildman–Crippen LogP) is 3.40. The molecule has 2 aromatic carbocycles. The summed E-state index contributed by atoms with van der Waals surface area (Å²) in [6.45, 7) is 3.04. The van der Waals surface area contributed by atoms with E-state index in [0.717, 1.165) is 30.2 Å². The number of likely N-dealkylation sites (tertiary alicyclic amines) is 1. The van der Waals surface area contributed by atoms with E-state index in [2.05, 4.69) is 41.1 Å². The standard InChI is InChI=1S/C20H21BrF2N6O2/c1-31-13-9-29(10-13)6-5-24-20-26-17-14(8-15(22)16(23)18(17)27-20)19(28-30)25-12-4-2-3-11(21)7-12/h2-4,7-8,13,30H,5-6,9-10H2,1H3,(H,25,28)(H2,24,26,27). The Morgan fingerprint density at radius 2 is 2.19 bits per heavy atom. The molecule has 0 atom stereocenters. The molecule has 2 heterocycles. The first kappa shape index (κ1) is 21.6. The summed E-state index contributed by atoms with van der Waals surface area (Å²) in [4.78, 5) is 13.6. The molecule has 0 spiro atoms. The van der Waals surface area contributed by atoms with E-state index in [1.165, 1.54) is 0 Å². The molecule has 1 fully saturated rings. The Kier molecular flexibility index (Phi) is 6.46. The second-order valence-electron chi connectivity index (χ2n) is 7.13. The number of imidazole rings is 1. The number of benzene rings is 2. The summed E-state index contributed by atoms with van der Waals surface area (Å²) < 4.78 is 34.7. The topological polar surface area (TPSA) is 97.8 Å². The lowest BCUT2D eigenvalue weighted by atomic mass is 10.1. The van der Waals surface area contributed by atoms with Crippen molar-refractivity contribution in [3.8, 4) is 0 Å². The second kappa shape index (κ2) is 9.27. The summed E-state index contributed by atoms with van der Waals surface area (Å²) >= 11 is 3.35. The zero-order valence-corrected chi connectivity index (χ0v) is 18.2. The van der Waals surface area contributed by atoms with Crippen molar-refractivity contribution in [1.29, 1.82) is 0 Å². The number of aliphatic imine (C=N–C) groups is 1. The number of amidine groups is 1. The Morgan fingerprint density at radius 3 is 2.90 bits per heavy atom. The average Bonchev–Trinajstić information content (AvgIpc) is 3.15. The van der Waals surface area contributed by atoms with Crippen LogP contribution in [0.2, 0.25) is 0 Å². The number of fused-ring (bicyclic) bond motifs is 1. The third kappa shape index (κ3) is 4.69. The Morgan fingerprint density at radius 1 is 1.39 bits per heavy atom. The van der Waals surface area contributed by atoms with E-state index in [1.54, 1.807) is 25.3 Å². The van der Waals surface area contributed by atoms with Crippen LogP contribution in [0.5, 0.6) is 0 Å². The first-order valence-electron chi connectivity index (χ1n) is 9.60. The summed E-state index contributed by atoms with van der Waals surface area (Å²) in [5, 5.41) is 12.7. The van der Waals surface area contributed by atoms with Crippen LogP contribution in [0.25, 0.3) is 11.0 Å². The number of ether oxygens (including phenoxy) is 1. The van der Waals surface area contributed by atoms with Crippen molar-refractivity contribution >= 4 is 44.4 Å². The molecular formula is C20H21BrF2N6O2. The predicted molar refractivity (Wildman–Crippen MR) is 117 cm³/mol. The number of anilines is 1. The number of aromatic amines is 1. The minimum Gasteiger partial charge on any atom is -0.379 e. The Labute approximate surface area is 185 Å². The number of nitrogens with zero attached hydrogens (tertiary/aromatic N) is 3. The highest BCUT2D eigenvalue weighted by Gasteiger charge is 2.25. The number of halogens is 3. The number of methoxy groups -OCH3 is 1. The monoisotopic (exact) mass is 494 g/mol. The highest BCUT2D eigenvalue weighted by atomic mass is 79.9. The quantitative estimate of drug-likeness (QED) is 0.228. The number of H-pyrrole nitrogens is 1. The van der Waals surface area contributed by atoms with Crippen LogP contribution in [-0.4, -0.2) is 65.3 Å². The molecule has 8 nitrogen and oxygen atoms in total. The lowest BCUT2D eigenvalue weighted by Crippen LogP contribution is -2.52. The first-order chi connectivity index (χ1) is 15.0. The number of nitrogens with one attached hydrogen (secondary N) is 3. The molecule has 1 aliphatic rings. The summed E-state index contributed by atoms with van der Waals surface area (Å²) in [5.74, 6) is -1.93. The zero-order valence-electron chi connectivity index (χ0n) is 16.6. The van der Waals surface area contributed by atoms with Crippen LogP contribution >= 0.6 is 15.9 Å². The van der Waals surface area contributed by atoms with Crippen molar-refractivity contribution in [3.63, 3.8) is 0 Å². The molecule has 4 N–H and O–H groups in total. The van der Waals surface area contributed by atoms with Crippen molar-refractivity contribution < 1.29 is 18.7 Å². The number of hydroxylamine groups is 1. The smallest absolute Gasteiger partial charge is 0.201 e. The normalized spacial score (nSPS) is 15.3. The zero-order chi connectivity index (χ0) is 22.0. The van der Waals surface area contributed by atoms with Gasteiger partial charge in [0.15, 0.2) is 17.5 Å². The molecule has 0 aliphatic carbocycles. The van der Waals surface area contributed by atoms with E-state index in [-0.39, 0.29) is 28.5 Å². The van der Waals surface area contributed by atoms with Gasteiger partial charge in [-0.1, -0.05) is 22.0 Å². The van der Waals surface area contributed by atoms with E-state index in [0.29, 0.717) is 18.2 Å². The van der Waals surface area contributed by atoms with Crippen molar-refractivity contribution in [2.45, 2.75) is 6.10 Å². The van der Waals surface area contributed by atoms with E-state index in [4.69, 9.17) is 4.74 Å². The lowest BCUT2D eigenvalue weighted by molar-refractivity contribution is -0.0270. The summed E-state index contributed by atoms with van der Waals surface area (Å²) in [6, 6.07) is 7.99. The number of hydrogen-bond acceptors (Lipinski definition) is 6. The molecule has 31 heavy (non-hydrogen) atoms. The van der Waals surface area contributed by atoms with Crippen LogP contribution in [0.3, 0.4) is 0 Å². The van der Waals surface area contributed by atoms with Crippen LogP contribution in [0, 0.1) is 11.6 Å². The van der Waals surface area contributed by atoms with Gasteiger partial charge in [0.25, 0.3) is 0 Å². The molecule has 0 unspecified atom stereocenters. The third-order valence-corrected chi connectivity index (χ3v) is 5.54. The van der Waals surface area contributed by atoms with E-state index in [1.807, 2.05) is 11.5 Å². The van der Waals surface area contributed by atoms with Gasteiger partial charge in [-0.05, 0) is 24.3 Å². The molecule has 1 aliphatic heterocycles. The van der Waals surface area contributed by atoms with Crippen LogP contribution < -0.4 is 10.8 Å². The Hall–Kier alpha value is -2.60. The first-order valence-corrected chi connectivity index (χ1v) is 10.4. The lowest BCUT2D eigenvalue weighted by Gasteiger charge is -2.38. The number of aromatic nitrogens is 2. The van der Waals surface area contributed by atoms with Gasteiger partial charge in [0.2, 0.25) is 5.95 Å². The molecular weight excluding hydrogens is 474 g/mol. The minimum absolute atomic E-state index is 0.0524. The Balaban J connectivity index is 1.60. The van der Waals surface area contributed by atoms with Gasteiger partial charge in [0, 0.05) is 43.3 Å². The summed E-state index contributed by atoms with van der Waals surface area (Å²) in [7, 11) is 1.69. The molecule has 4 rings (SSSR count). The SMILES string of the molecule is COC1CN(CCNc2nc3c(F)c(F)cc(C(=Nc4cccc(Br)c4)NO)c3[nH]2)C1. The van der Waals surface area contributed by atoms with Crippen molar-refractivity contribution in [2.24, 2.45) is 4.99 Å². The number of rotatable bonds is 7.